The molecule has 28 heavy (non-hydrogen) atoms. The maximum absolute atomic E-state index is 13.0. The van der Waals surface area contributed by atoms with Gasteiger partial charge < -0.3 is 9.64 Å². The molecule has 154 valence electrons. The van der Waals surface area contributed by atoms with Crippen LogP contribution in [0.25, 0.3) is 0 Å². The number of thiocarbonyl (C=S) groups is 1. The van der Waals surface area contributed by atoms with Crippen molar-refractivity contribution in [1.29, 1.82) is 0 Å². The molecule has 0 saturated heterocycles. The first-order valence-electron chi connectivity index (χ1n) is 10.0. The largest absolute Gasteiger partial charge is 0.374 e. The fourth-order valence-electron chi connectivity index (χ4n) is 2.62. The summed E-state index contributed by atoms with van der Waals surface area (Å²) in [6.45, 7) is 9.57. The van der Waals surface area contributed by atoms with Gasteiger partial charge in [-0.2, -0.15) is 0 Å². The van der Waals surface area contributed by atoms with E-state index in [1.54, 1.807) is 12.1 Å². The van der Waals surface area contributed by atoms with Gasteiger partial charge in [-0.15, -0.1) is 0 Å². The van der Waals surface area contributed by atoms with Gasteiger partial charge in [-0.1, -0.05) is 45.0 Å². The van der Waals surface area contributed by atoms with Crippen LogP contribution < -0.4 is 4.90 Å². The minimum absolute atomic E-state index is 0.215. The smallest absolute Gasteiger partial charge is 0.123 e. The van der Waals surface area contributed by atoms with Crippen LogP contribution in [-0.2, 0) is 11.2 Å². The predicted octanol–water partition coefficient (Wildman–Crippen LogP) is 6.22. The first-order valence-corrected chi connectivity index (χ1v) is 10.5. The Morgan fingerprint density at radius 1 is 1.11 bits per heavy atom. The number of nitrogens with zero attached hydrogens (tertiary/aromatic N) is 2. The second kappa shape index (κ2) is 14.2. The maximum Gasteiger partial charge on any atom is 0.123 e. The number of aryl methyl sites for hydroxylation is 1. The normalized spacial score (nSPS) is 10.4. The van der Waals surface area contributed by atoms with Gasteiger partial charge in [0.2, 0.25) is 0 Å². The van der Waals surface area contributed by atoms with E-state index in [1.807, 2.05) is 29.3 Å². The number of anilines is 1. The van der Waals surface area contributed by atoms with Crippen LogP contribution in [0, 0.1) is 5.82 Å². The standard InChI is InChI=1S/C16H24FNOS.C7H9N/c1-4-5-6-11-19-12-16(20)18(13(2)3)15-9-7-14(17)8-10-15;1-2-7-5-3-4-6-8-7/h7-10,13H,4-6,11-12H2,1-3H3;3-6H,2H2,1H3. The maximum atomic E-state index is 13.0. The predicted molar refractivity (Wildman–Crippen MR) is 121 cm³/mol. The highest BCUT2D eigenvalue weighted by atomic mass is 32.1. The van der Waals surface area contributed by atoms with Crippen molar-refractivity contribution in [1.82, 2.24) is 4.98 Å². The van der Waals surface area contributed by atoms with Crippen molar-refractivity contribution in [2.24, 2.45) is 0 Å². The molecule has 2 rings (SSSR count). The van der Waals surface area contributed by atoms with E-state index in [2.05, 4.69) is 32.7 Å². The summed E-state index contributed by atoms with van der Waals surface area (Å²) in [6.07, 6.45) is 6.27. The second-order valence-corrected chi connectivity index (χ2v) is 7.24. The monoisotopic (exact) mass is 404 g/mol. The molecule has 3 nitrogen and oxygen atoms in total. The lowest BCUT2D eigenvalue weighted by molar-refractivity contribution is 0.167. The topological polar surface area (TPSA) is 25.4 Å². The van der Waals surface area contributed by atoms with E-state index >= 15 is 0 Å². The third kappa shape index (κ3) is 9.38. The number of rotatable bonds is 9. The minimum Gasteiger partial charge on any atom is -0.374 e. The molecule has 0 radical (unpaired) electrons. The molecule has 0 saturated carbocycles. The van der Waals surface area contributed by atoms with Crippen LogP contribution in [0.4, 0.5) is 10.1 Å². The molecule has 0 fully saturated rings. The zero-order valence-electron chi connectivity index (χ0n) is 17.5. The molecule has 0 bridgehead atoms. The lowest BCUT2D eigenvalue weighted by atomic mass is 10.2. The van der Waals surface area contributed by atoms with Crippen molar-refractivity contribution in [3.63, 3.8) is 0 Å². The van der Waals surface area contributed by atoms with Crippen molar-refractivity contribution < 1.29 is 9.13 Å². The lowest BCUT2D eigenvalue weighted by Gasteiger charge is -2.29. The van der Waals surface area contributed by atoms with Gasteiger partial charge in [-0.25, -0.2) is 4.39 Å². The molecule has 0 aliphatic heterocycles. The number of pyridine rings is 1. The second-order valence-electron chi connectivity index (χ2n) is 6.77. The number of ether oxygens (including phenoxy) is 1. The number of aromatic nitrogens is 1. The van der Waals surface area contributed by atoms with Crippen LogP contribution in [0.3, 0.4) is 0 Å². The van der Waals surface area contributed by atoms with E-state index in [9.17, 15) is 4.39 Å². The first kappa shape index (κ1) is 24.2. The minimum atomic E-state index is -0.237. The third-order valence-electron chi connectivity index (χ3n) is 4.10. The highest BCUT2D eigenvalue weighted by Crippen LogP contribution is 2.18. The van der Waals surface area contributed by atoms with Crippen LogP contribution in [-0.4, -0.2) is 29.2 Å². The molecule has 1 aromatic heterocycles. The Bertz CT molecular complexity index is 662. The van der Waals surface area contributed by atoms with Gasteiger partial charge in [0, 0.05) is 30.2 Å². The van der Waals surface area contributed by atoms with E-state index in [0.29, 0.717) is 6.61 Å². The van der Waals surface area contributed by atoms with Crippen LogP contribution in [0.5, 0.6) is 0 Å². The molecule has 0 N–H and O–H groups in total. The van der Waals surface area contributed by atoms with Crippen LogP contribution in [0.15, 0.2) is 48.7 Å². The average Bonchev–Trinajstić information content (AvgIpc) is 2.70. The number of hydrogen-bond donors (Lipinski definition) is 0. The quantitative estimate of drug-likeness (QED) is 0.366. The summed E-state index contributed by atoms with van der Waals surface area (Å²) in [5.41, 5.74) is 2.07. The number of halogens is 1. The van der Waals surface area contributed by atoms with E-state index in [-0.39, 0.29) is 11.9 Å². The molecule has 0 unspecified atom stereocenters. The fourth-order valence-corrected chi connectivity index (χ4v) is 3.02. The molecule has 0 amide bonds. The zero-order valence-corrected chi connectivity index (χ0v) is 18.3. The van der Waals surface area contributed by atoms with Gasteiger partial charge in [0.1, 0.15) is 10.8 Å². The number of unbranched alkanes of at least 4 members (excludes halogenated alkanes) is 2. The summed E-state index contributed by atoms with van der Waals surface area (Å²) in [7, 11) is 0. The molecule has 2 aromatic rings. The van der Waals surface area contributed by atoms with E-state index in [0.717, 1.165) is 35.8 Å². The molecular formula is C23H33FN2OS. The Hall–Kier alpha value is -1.85. The highest BCUT2D eigenvalue weighted by Gasteiger charge is 2.15. The highest BCUT2D eigenvalue weighted by molar-refractivity contribution is 7.80. The van der Waals surface area contributed by atoms with Crippen molar-refractivity contribution >= 4 is 22.9 Å². The van der Waals surface area contributed by atoms with Gasteiger partial charge >= 0.3 is 0 Å². The molecular weight excluding hydrogens is 371 g/mol. The van der Waals surface area contributed by atoms with Crippen molar-refractivity contribution in [2.45, 2.75) is 59.4 Å². The molecule has 0 spiro atoms. The van der Waals surface area contributed by atoms with Crippen LogP contribution in [0.2, 0.25) is 0 Å². The van der Waals surface area contributed by atoms with Gasteiger partial charge in [0.25, 0.3) is 0 Å². The Morgan fingerprint density at radius 3 is 2.32 bits per heavy atom. The summed E-state index contributed by atoms with van der Waals surface area (Å²) in [4.78, 5) is 6.84. The van der Waals surface area contributed by atoms with Crippen LogP contribution >= 0.6 is 12.2 Å². The van der Waals surface area contributed by atoms with Crippen molar-refractivity contribution in [3.8, 4) is 0 Å². The number of benzene rings is 1. The Morgan fingerprint density at radius 2 is 1.82 bits per heavy atom. The van der Waals surface area contributed by atoms with Gasteiger partial charge in [0.15, 0.2) is 0 Å². The Kier molecular flexibility index (Phi) is 12.3. The van der Waals surface area contributed by atoms with E-state index in [4.69, 9.17) is 17.0 Å². The lowest BCUT2D eigenvalue weighted by Crippen LogP contribution is -2.38. The molecule has 5 heteroatoms. The Labute approximate surface area is 174 Å². The summed E-state index contributed by atoms with van der Waals surface area (Å²) in [5, 5.41) is 0. The Balaban J connectivity index is 0.000000406. The average molecular weight is 405 g/mol. The molecule has 1 heterocycles. The molecule has 1 aromatic carbocycles. The summed E-state index contributed by atoms with van der Waals surface area (Å²) in [6, 6.07) is 12.6. The summed E-state index contributed by atoms with van der Waals surface area (Å²) < 4.78 is 18.6. The third-order valence-corrected chi connectivity index (χ3v) is 4.41. The summed E-state index contributed by atoms with van der Waals surface area (Å²) in [5.74, 6) is -0.237. The van der Waals surface area contributed by atoms with Gasteiger partial charge in [-0.05, 0) is 63.1 Å². The fraction of sp³-hybridized carbons (Fsp3) is 0.478. The molecule has 0 aliphatic carbocycles. The number of hydrogen-bond acceptors (Lipinski definition) is 3. The van der Waals surface area contributed by atoms with Crippen LogP contribution in [0.1, 0.15) is 52.7 Å². The molecule has 0 aliphatic rings. The molecule has 0 atom stereocenters. The first-order chi connectivity index (χ1) is 13.5. The van der Waals surface area contributed by atoms with Gasteiger partial charge in [0.05, 0.1) is 6.61 Å². The van der Waals surface area contributed by atoms with E-state index in [1.165, 1.54) is 25.0 Å². The van der Waals surface area contributed by atoms with Gasteiger partial charge in [-0.3, -0.25) is 4.98 Å². The summed E-state index contributed by atoms with van der Waals surface area (Å²) >= 11 is 5.45. The van der Waals surface area contributed by atoms with Crippen molar-refractivity contribution in [3.05, 3.63) is 60.2 Å². The zero-order chi connectivity index (χ0) is 20.8. The SMILES string of the molecule is CCCCCOCC(=S)N(c1ccc(F)cc1)C(C)C.CCc1ccccn1. The van der Waals surface area contributed by atoms with Crippen molar-refractivity contribution in [2.75, 3.05) is 18.1 Å². The van der Waals surface area contributed by atoms with E-state index < -0.39 is 0 Å².